The van der Waals surface area contributed by atoms with E-state index in [1.165, 1.54) is 12.8 Å². The van der Waals surface area contributed by atoms with Gasteiger partial charge in [-0.15, -0.1) is 0 Å². The SMILES string of the molecule is COC(=O)c1ccc(C[n+]2ccccc2C)cc1.[Cl-]. The van der Waals surface area contributed by atoms with Gasteiger partial charge < -0.3 is 17.1 Å². The minimum Gasteiger partial charge on any atom is -1.00 e. The Balaban J connectivity index is 0.00000180. The molecule has 2 aromatic rings. The number of carbonyl (C=O) groups is 1. The molecule has 0 N–H and O–H groups in total. The number of nitrogens with zero attached hydrogens (tertiary/aromatic N) is 1. The van der Waals surface area contributed by atoms with E-state index >= 15 is 0 Å². The molecule has 100 valence electrons. The van der Waals surface area contributed by atoms with Crippen molar-refractivity contribution in [2.24, 2.45) is 0 Å². The van der Waals surface area contributed by atoms with E-state index in [1.54, 1.807) is 12.1 Å². The highest BCUT2D eigenvalue weighted by Gasteiger charge is 2.08. The number of aryl methyl sites for hydroxylation is 1. The molecule has 0 radical (unpaired) electrons. The van der Waals surface area contributed by atoms with Crippen LogP contribution in [0.2, 0.25) is 0 Å². The summed E-state index contributed by atoms with van der Waals surface area (Å²) >= 11 is 0. The maximum Gasteiger partial charge on any atom is 0.337 e. The maximum absolute atomic E-state index is 11.3. The number of benzene rings is 1. The fourth-order valence-electron chi connectivity index (χ4n) is 1.80. The topological polar surface area (TPSA) is 30.2 Å². The highest BCUT2D eigenvalue weighted by Crippen LogP contribution is 2.05. The Morgan fingerprint density at radius 3 is 2.42 bits per heavy atom. The van der Waals surface area contributed by atoms with E-state index in [-0.39, 0.29) is 18.4 Å². The van der Waals surface area contributed by atoms with Crippen LogP contribution in [0.15, 0.2) is 48.7 Å². The van der Waals surface area contributed by atoms with Crippen molar-refractivity contribution in [3.63, 3.8) is 0 Å². The summed E-state index contributed by atoms with van der Waals surface area (Å²) in [5.41, 5.74) is 2.94. The first-order valence-electron chi connectivity index (χ1n) is 5.83. The van der Waals surface area contributed by atoms with E-state index in [2.05, 4.69) is 22.3 Å². The number of pyridine rings is 1. The van der Waals surface area contributed by atoms with Crippen molar-refractivity contribution in [1.29, 1.82) is 0 Å². The second kappa shape index (κ2) is 6.90. The van der Waals surface area contributed by atoms with Gasteiger partial charge in [0.15, 0.2) is 18.4 Å². The molecule has 0 aliphatic rings. The molecule has 0 bridgehead atoms. The molecule has 1 aromatic heterocycles. The van der Waals surface area contributed by atoms with E-state index in [0.717, 1.165) is 12.1 Å². The Labute approximate surface area is 119 Å². The van der Waals surface area contributed by atoms with Gasteiger partial charge in [0.05, 0.1) is 12.7 Å². The van der Waals surface area contributed by atoms with Crippen molar-refractivity contribution in [1.82, 2.24) is 0 Å². The molecule has 0 atom stereocenters. The van der Waals surface area contributed by atoms with Crippen LogP contribution in [0.4, 0.5) is 0 Å². The molecular formula is C15H16ClNO2. The molecular weight excluding hydrogens is 262 g/mol. The second-order valence-electron chi connectivity index (χ2n) is 4.16. The molecule has 0 fully saturated rings. The van der Waals surface area contributed by atoms with Gasteiger partial charge in [0.1, 0.15) is 0 Å². The van der Waals surface area contributed by atoms with Gasteiger partial charge in [-0.2, -0.15) is 4.57 Å². The van der Waals surface area contributed by atoms with E-state index in [0.29, 0.717) is 5.56 Å². The minimum atomic E-state index is -0.301. The van der Waals surface area contributed by atoms with Crippen molar-refractivity contribution in [3.05, 3.63) is 65.5 Å². The number of methoxy groups -OCH3 is 1. The summed E-state index contributed by atoms with van der Waals surface area (Å²) in [6, 6.07) is 13.6. The van der Waals surface area contributed by atoms with Gasteiger partial charge >= 0.3 is 5.97 Å². The quantitative estimate of drug-likeness (QED) is 0.539. The predicted octanol–water partition coefficient (Wildman–Crippen LogP) is -0.879. The van der Waals surface area contributed by atoms with E-state index in [9.17, 15) is 4.79 Å². The van der Waals surface area contributed by atoms with Crippen molar-refractivity contribution in [3.8, 4) is 0 Å². The number of hydrogen-bond acceptors (Lipinski definition) is 2. The fraction of sp³-hybridized carbons (Fsp3) is 0.200. The fourth-order valence-corrected chi connectivity index (χ4v) is 1.80. The second-order valence-corrected chi connectivity index (χ2v) is 4.16. The number of hydrogen-bond donors (Lipinski definition) is 0. The van der Waals surface area contributed by atoms with Crippen molar-refractivity contribution in [2.45, 2.75) is 13.5 Å². The lowest BCUT2D eigenvalue weighted by Crippen LogP contribution is -3.00. The van der Waals surface area contributed by atoms with Gasteiger partial charge in [0.25, 0.3) is 0 Å². The lowest BCUT2D eigenvalue weighted by Gasteiger charge is -2.02. The summed E-state index contributed by atoms with van der Waals surface area (Å²) in [7, 11) is 1.39. The molecule has 0 aliphatic heterocycles. The van der Waals surface area contributed by atoms with Crippen LogP contribution in [-0.2, 0) is 11.3 Å². The van der Waals surface area contributed by atoms with E-state index in [1.807, 2.05) is 30.5 Å². The van der Waals surface area contributed by atoms with Gasteiger partial charge in [0.2, 0.25) is 0 Å². The lowest BCUT2D eigenvalue weighted by atomic mass is 10.1. The Hall–Kier alpha value is -1.87. The third-order valence-electron chi connectivity index (χ3n) is 2.90. The molecule has 1 heterocycles. The summed E-state index contributed by atoms with van der Waals surface area (Å²) in [5.74, 6) is -0.301. The van der Waals surface area contributed by atoms with E-state index < -0.39 is 0 Å². The van der Waals surface area contributed by atoms with Gasteiger partial charge in [-0.1, -0.05) is 18.2 Å². The zero-order chi connectivity index (χ0) is 13.0. The maximum atomic E-state index is 11.3. The first-order chi connectivity index (χ1) is 8.70. The van der Waals surface area contributed by atoms with Crippen LogP contribution < -0.4 is 17.0 Å². The molecule has 0 unspecified atom stereocenters. The lowest BCUT2D eigenvalue weighted by molar-refractivity contribution is -0.694. The molecule has 3 nitrogen and oxygen atoms in total. The first-order valence-corrected chi connectivity index (χ1v) is 5.83. The number of aromatic nitrogens is 1. The zero-order valence-corrected chi connectivity index (χ0v) is 11.7. The van der Waals surface area contributed by atoms with Crippen LogP contribution >= 0.6 is 0 Å². The number of ether oxygens (including phenoxy) is 1. The number of halogens is 1. The summed E-state index contributed by atoms with van der Waals surface area (Å²) in [4.78, 5) is 11.3. The monoisotopic (exact) mass is 277 g/mol. The predicted molar refractivity (Wildman–Crippen MR) is 68.3 cm³/mol. The van der Waals surface area contributed by atoms with Gasteiger partial charge in [-0.25, -0.2) is 4.79 Å². The van der Waals surface area contributed by atoms with Crippen LogP contribution in [0.25, 0.3) is 0 Å². The number of rotatable bonds is 3. The molecule has 0 saturated heterocycles. The van der Waals surface area contributed by atoms with Crippen LogP contribution in [0.3, 0.4) is 0 Å². The largest absolute Gasteiger partial charge is 1.00 e. The normalized spacial score (nSPS) is 9.58. The molecule has 19 heavy (non-hydrogen) atoms. The molecule has 0 aliphatic carbocycles. The average Bonchev–Trinajstić information content (AvgIpc) is 2.41. The van der Waals surface area contributed by atoms with Crippen molar-refractivity contribution in [2.75, 3.05) is 7.11 Å². The van der Waals surface area contributed by atoms with Crippen LogP contribution in [0, 0.1) is 6.92 Å². The van der Waals surface area contributed by atoms with Crippen LogP contribution in [0.1, 0.15) is 21.6 Å². The first kappa shape index (κ1) is 15.2. The number of esters is 1. The summed E-state index contributed by atoms with van der Waals surface area (Å²) in [6.07, 6.45) is 2.05. The van der Waals surface area contributed by atoms with Gasteiger partial charge in [-0.3, -0.25) is 0 Å². The third kappa shape index (κ3) is 3.80. The van der Waals surface area contributed by atoms with Crippen molar-refractivity contribution < 1.29 is 26.5 Å². The highest BCUT2D eigenvalue weighted by molar-refractivity contribution is 5.89. The van der Waals surface area contributed by atoms with Crippen molar-refractivity contribution >= 4 is 5.97 Å². The summed E-state index contributed by atoms with van der Waals surface area (Å²) in [6.45, 7) is 2.87. The average molecular weight is 278 g/mol. The standard InChI is InChI=1S/C15H16NO2.ClH/c1-12-5-3-4-10-16(12)11-13-6-8-14(9-7-13)15(17)18-2;/h3-10H,11H2,1-2H3;1H/q+1;/p-1. The number of carbonyl (C=O) groups excluding carboxylic acids is 1. The van der Waals surface area contributed by atoms with Gasteiger partial charge in [-0.05, 0) is 12.1 Å². The van der Waals surface area contributed by atoms with Gasteiger partial charge in [0, 0.05) is 24.6 Å². The Kier molecular flexibility index (Phi) is 5.52. The Morgan fingerprint density at radius 1 is 1.16 bits per heavy atom. The van der Waals surface area contributed by atoms with Crippen LogP contribution in [-0.4, -0.2) is 13.1 Å². The highest BCUT2D eigenvalue weighted by atomic mass is 35.5. The minimum absolute atomic E-state index is 0. The zero-order valence-electron chi connectivity index (χ0n) is 11.0. The molecule has 4 heteroatoms. The summed E-state index contributed by atoms with van der Waals surface area (Å²) < 4.78 is 6.83. The summed E-state index contributed by atoms with van der Waals surface area (Å²) in [5, 5.41) is 0. The molecule has 0 amide bonds. The smallest absolute Gasteiger partial charge is 0.337 e. The molecule has 1 aromatic carbocycles. The van der Waals surface area contributed by atoms with Crippen LogP contribution in [0.5, 0.6) is 0 Å². The van der Waals surface area contributed by atoms with E-state index in [4.69, 9.17) is 0 Å². The Morgan fingerprint density at radius 2 is 1.84 bits per heavy atom. The molecule has 0 spiro atoms. The molecule has 0 saturated carbocycles. The third-order valence-corrected chi connectivity index (χ3v) is 2.90. The Bertz CT molecular complexity index is 552. The molecule has 2 rings (SSSR count).